The third kappa shape index (κ3) is 3.19. The zero-order chi connectivity index (χ0) is 13.1. The van der Waals surface area contributed by atoms with Gasteiger partial charge < -0.3 is 9.88 Å². The highest BCUT2D eigenvalue weighted by Crippen LogP contribution is 2.26. The number of carbonyl (C=O) groups is 1. The van der Waals surface area contributed by atoms with E-state index in [-0.39, 0.29) is 5.24 Å². The molecule has 7 heteroatoms. The third-order valence-corrected chi connectivity index (χ3v) is 3.73. The fourth-order valence-corrected chi connectivity index (χ4v) is 2.20. The predicted molar refractivity (Wildman–Crippen MR) is 74.5 cm³/mol. The van der Waals surface area contributed by atoms with Crippen molar-refractivity contribution in [3.63, 3.8) is 0 Å². The molecule has 0 fully saturated rings. The molecule has 0 radical (unpaired) electrons. The van der Waals surface area contributed by atoms with Gasteiger partial charge >= 0.3 is 0 Å². The fraction of sp³-hybridized carbons (Fsp3) is 0.0909. The van der Waals surface area contributed by atoms with Gasteiger partial charge in [0.05, 0.1) is 10.0 Å². The number of hydrogen-bond acceptors (Lipinski definition) is 3. The van der Waals surface area contributed by atoms with Crippen LogP contribution in [-0.4, -0.2) is 14.8 Å². The van der Waals surface area contributed by atoms with E-state index in [1.807, 2.05) is 7.05 Å². The van der Waals surface area contributed by atoms with Crippen molar-refractivity contribution in [2.24, 2.45) is 7.05 Å². The molecule has 0 bridgehead atoms. The first kappa shape index (κ1) is 13.3. The quantitative estimate of drug-likeness (QED) is 0.851. The maximum absolute atomic E-state index is 11.8. The number of amides is 1. The first-order valence-corrected chi connectivity index (χ1v) is 6.54. The second-order valence-corrected chi connectivity index (χ2v) is 5.22. The van der Waals surface area contributed by atoms with Crippen LogP contribution in [0.1, 0.15) is 0 Å². The summed E-state index contributed by atoms with van der Waals surface area (Å²) in [6.45, 7) is 0. The van der Waals surface area contributed by atoms with Gasteiger partial charge in [-0.25, -0.2) is 4.98 Å². The van der Waals surface area contributed by atoms with E-state index < -0.39 is 0 Å². The van der Waals surface area contributed by atoms with Crippen LogP contribution >= 0.6 is 35.0 Å². The Balaban J connectivity index is 2.03. The molecule has 1 heterocycles. The molecule has 1 N–H and O–H groups in total. The first-order valence-electron chi connectivity index (χ1n) is 4.97. The lowest BCUT2D eigenvalue weighted by Gasteiger charge is -2.05. The lowest BCUT2D eigenvalue weighted by atomic mass is 10.3. The van der Waals surface area contributed by atoms with Crippen LogP contribution in [0.4, 0.5) is 10.5 Å². The van der Waals surface area contributed by atoms with E-state index in [9.17, 15) is 4.79 Å². The van der Waals surface area contributed by atoms with Crippen LogP contribution in [-0.2, 0) is 7.05 Å². The van der Waals surface area contributed by atoms with Gasteiger partial charge in [-0.15, -0.1) is 0 Å². The molecule has 0 aliphatic carbocycles. The molecule has 1 aromatic heterocycles. The van der Waals surface area contributed by atoms with E-state index in [2.05, 4.69) is 10.3 Å². The zero-order valence-electron chi connectivity index (χ0n) is 9.35. The highest BCUT2D eigenvalue weighted by molar-refractivity contribution is 8.13. The van der Waals surface area contributed by atoms with Crippen LogP contribution in [0.5, 0.6) is 0 Å². The van der Waals surface area contributed by atoms with Gasteiger partial charge in [0.1, 0.15) is 0 Å². The smallest absolute Gasteiger partial charge is 0.291 e. The second-order valence-electron chi connectivity index (χ2n) is 3.46. The Hall–Kier alpha value is -1.17. The standard InChI is InChI=1S/C11H9Cl2N3OS/c1-16-5-4-14-10(16)18-11(17)15-7-2-3-8(12)9(13)6-7/h2-6H,1H3,(H,15,17). The number of anilines is 1. The van der Waals surface area contributed by atoms with Crippen LogP contribution in [0, 0.1) is 0 Å². The molecule has 4 nitrogen and oxygen atoms in total. The summed E-state index contributed by atoms with van der Waals surface area (Å²) in [6, 6.07) is 4.91. The van der Waals surface area contributed by atoms with Gasteiger partial charge in [0.2, 0.25) is 0 Å². The van der Waals surface area contributed by atoms with Crippen molar-refractivity contribution in [3.05, 3.63) is 40.6 Å². The van der Waals surface area contributed by atoms with Gasteiger partial charge in [-0.1, -0.05) is 23.2 Å². The molecule has 0 spiro atoms. The van der Waals surface area contributed by atoms with Crippen molar-refractivity contribution in [3.8, 4) is 0 Å². The molecule has 2 aromatic rings. The number of halogens is 2. The number of thioether (sulfide) groups is 1. The normalized spacial score (nSPS) is 10.4. The number of hydrogen-bond donors (Lipinski definition) is 1. The van der Waals surface area contributed by atoms with Crippen molar-refractivity contribution in [2.75, 3.05) is 5.32 Å². The minimum atomic E-state index is -0.234. The zero-order valence-corrected chi connectivity index (χ0v) is 11.7. The van der Waals surface area contributed by atoms with Gasteiger partial charge in [0, 0.05) is 36.9 Å². The molecule has 2 rings (SSSR count). The lowest BCUT2D eigenvalue weighted by Crippen LogP contribution is -2.06. The summed E-state index contributed by atoms with van der Waals surface area (Å²) in [7, 11) is 1.82. The molecule has 0 saturated carbocycles. The number of carbonyl (C=O) groups excluding carboxylic acids is 1. The largest absolute Gasteiger partial charge is 0.329 e. The maximum Gasteiger partial charge on any atom is 0.291 e. The van der Waals surface area contributed by atoms with Gasteiger partial charge in [0.15, 0.2) is 5.16 Å². The van der Waals surface area contributed by atoms with Crippen LogP contribution in [0.15, 0.2) is 35.7 Å². The number of aromatic nitrogens is 2. The van der Waals surface area contributed by atoms with E-state index in [1.54, 1.807) is 35.2 Å². The summed E-state index contributed by atoms with van der Waals surface area (Å²) < 4.78 is 1.76. The summed E-state index contributed by atoms with van der Waals surface area (Å²) in [5.41, 5.74) is 0.594. The summed E-state index contributed by atoms with van der Waals surface area (Å²) in [5.74, 6) is 0. The number of nitrogens with one attached hydrogen (secondary N) is 1. The molecule has 0 unspecified atom stereocenters. The van der Waals surface area contributed by atoms with E-state index in [4.69, 9.17) is 23.2 Å². The van der Waals surface area contributed by atoms with Crippen molar-refractivity contribution < 1.29 is 4.79 Å². The SMILES string of the molecule is Cn1ccnc1SC(=O)Nc1ccc(Cl)c(Cl)c1. The minimum absolute atomic E-state index is 0.234. The van der Waals surface area contributed by atoms with Gasteiger partial charge in [-0.3, -0.25) is 4.79 Å². The summed E-state index contributed by atoms with van der Waals surface area (Å²) in [6.07, 6.45) is 3.41. The molecule has 0 aliphatic heterocycles. The number of benzene rings is 1. The Morgan fingerprint density at radius 3 is 2.78 bits per heavy atom. The molecule has 0 saturated heterocycles. The molecule has 94 valence electrons. The molecule has 18 heavy (non-hydrogen) atoms. The number of imidazole rings is 1. The molecule has 0 aliphatic rings. The third-order valence-electron chi connectivity index (χ3n) is 2.13. The Kier molecular flexibility index (Phi) is 4.16. The molecular formula is C11H9Cl2N3OS. The van der Waals surface area contributed by atoms with Crippen molar-refractivity contribution >= 4 is 45.9 Å². The molecule has 0 atom stereocenters. The summed E-state index contributed by atoms with van der Waals surface area (Å²) in [4.78, 5) is 15.8. The van der Waals surface area contributed by atoms with Gasteiger partial charge in [-0.05, 0) is 18.2 Å². The summed E-state index contributed by atoms with van der Waals surface area (Å²) >= 11 is 12.7. The molecular weight excluding hydrogens is 293 g/mol. The van der Waals surface area contributed by atoms with E-state index >= 15 is 0 Å². The molecule has 1 aromatic carbocycles. The van der Waals surface area contributed by atoms with E-state index in [0.717, 1.165) is 11.8 Å². The van der Waals surface area contributed by atoms with E-state index in [0.29, 0.717) is 20.9 Å². The summed E-state index contributed by atoms with van der Waals surface area (Å²) in [5, 5.41) is 3.94. The Morgan fingerprint density at radius 2 is 2.17 bits per heavy atom. The van der Waals surface area contributed by atoms with Gasteiger partial charge in [-0.2, -0.15) is 0 Å². The number of nitrogens with zero attached hydrogens (tertiary/aromatic N) is 2. The maximum atomic E-state index is 11.8. The average molecular weight is 302 g/mol. The van der Waals surface area contributed by atoms with Crippen molar-refractivity contribution in [1.82, 2.24) is 9.55 Å². The Morgan fingerprint density at radius 1 is 1.39 bits per heavy atom. The molecule has 1 amide bonds. The first-order chi connectivity index (χ1) is 8.56. The fourth-order valence-electron chi connectivity index (χ4n) is 1.25. The van der Waals surface area contributed by atoms with Crippen LogP contribution in [0.3, 0.4) is 0 Å². The number of aryl methyl sites for hydroxylation is 1. The average Bonchev–Trinajstić information content (AvgIpc) is 2.70. The van der Waals surface area contributed by atoms with Crippen molar-refractivity contribution in [2.45, 2.75) is 5.16 Å². The predicted octanol–water partition coefficient (Wildman–Crippen LogP) is 4.05. The highest BCUT2D eigenvalue weighted by Gasteiger charge is 2.09. The topological polar surface area (TPSA) is 46.9 Å². The minimum Gasteiger partial charge on any atom is -0.329 e. The van der Waals surface area contributed by atoms with E-state index in [1.165, 1.54) is 0 Å². The van der Waals surface area contributed by atoms with Gasteiger partial charge in [0.25, 0.3) is 5.24 Å². The Labute approximate surface area is 118 Å². The highest BCUT2D eigenvalue weighted by atomic mass is 35.5. The Bertz CT molecular complexity index is 585. The number of rotatable bonds is 2. The van der Waals surface area contributed by atoms with Crippen LogP contribution < -0.4 is 5.32 Å². The monoisotopic (exact) mass is 301 g/mol. The van der Waals surface area contributed by atoms with Crippen LogP contribution in [0.25, 0.3) is 0 Å². The van der Waals surface area contributed by atoms with Crippen LogP contribution in [0.2, 0.25) is 10.0 Å². The lowest BCUT2D eigenvalue weighted by molar-refractivity contribution is 0.269. The second kappa shape index (κ2) is 5.65. The van der Waals surface area contributed by atoms with Crippen molar-refractivity contribution in [1.29, 1.82) is 0 Å².